The molecule has 2 amide bonds. The summed E-state index contributed by atoms with van der Waals surface area (Å²) in [5, 5.41) is 10.8. The Kier molecular flexibility index (Phi) is 5.19. The SMILES string of the molecule is CNC(=O)C1=CC=C(c2cnn3ccc(C(=O)N(c4ccc(Cl)cc4)C4CC4)cc23)CN1. The van der Waals surface area contributed by atoms with Gasteiger partial charge in [0.15, 0.2) is 0 Å². The lowest BCUT2D eigenvalue weighted by Crippen LogP contribution is -2.33. The molecule has 0 saturated heterocycles. The highest BCUT2D eigenvalue weighted by molar-refractivity contribution is 6.30. The number of allylic oxidation sites excluding steroid dienone is 2. The molecular weight excluding hydrogens is 426 g/mol. The first-order valence-electron chi connectivity index (χ1n) is 10.5. The van der Waals surface area contributed by atoms with Crippen molar-refractivity contribution in [3.63, 3.8) is 0 Å². The molecule has 0 spiro atoms. The van der Waals surface area contributed by atoms with Gasteiger partial charge in [-0.25, -0.2) is 4.52 Å². The second kappa shape index (κ2) is 8.16. The van der Waals surface area contributed by atoms with E-state index in [2.05, 4.69) is 15.7 Å². The standard InChI is InChI=1S/C24H22ClN5O2/c1-26-23(31)21-9-2-16(13-27-21)20-14-28-29-11-10-15(12-22(20)29)24(32)30(19-7-8-19)18-5-3-17(25)4-6-18/h2-6,9-12,14,19,27H,7-8,13H2,1H3,(H,26,31). The van der Waals surface area contributed by atoms with Gasteiger partial charge in [-0.2, -0.15) is 5.10 Å². The predicted molar refractivity (Wildman–Crippen MR) is 125 cm³/mol. The van der Waals surface area contributed by atoms with E-state index >= 15 is 0 Å². The van der Waals surface area contributed by atoms with Gasteiger partial charge in [0.05, 0.1) is 11.7 Å². The Labute approximate surface area is 190 Å². The van der Waals surface area contributed by atoms with E-state index in [9.17, 15) is 9.59 Å². The molecule has 2 N–H and O–H groups in total. The smallest absolute Gasteiger partial charge is 0.267 e. The van der Waals surface area contributed by atoms with Crippen molar-refractivity contribution >= 4 is 40.2 Å². The van der Waals surface area contributed by atoms with Crippen molar-refractivity contribution in [2.45, 2.75) is 18.9 Å². The quantitative estimate of drug-likeness (QED) is 0.628. The molecule has 5 rings (SSSR count). The lowest BCUT2D eigenvalue weighted by molar-refractivity contribution is -0.117. The number of carbonyl (C=O) groups excluding carboxylic acids is 2. The number of likely N-dealkylation sites (N-methyl/N-ethyl adjacent to an activating group) is 1. The van der Waals surface area contributed by atoms with Gasteiger partial charge in [-0.3, -0.25) is 9.59 Å². The number of anilines is 1. The monoisotopic (exact) mass is 447 g/mol. The number of benzene rings is 1. The highest BCUT2D eigenvalue weighted by Gasteiger charge is 2.34. The average molecular weight is 448 g/mol. The zero-order valence-corrected chi connectivity index (χ0v) is 18.3. The molecule has 162 valence electrons. The van der Waals surface area contributed by atoms with E-state index in [0.717, 1.165) is 35.2 Å². The number of amides is 2. The Balaban J connectivity index is 1.49. The molecule has 0 radical (unpaired) electrons. The summed E-state index contributed by atoms with van der Waals surface area (Å²) in [7, 11) is 1.60. The van der Waals surface area contributed by atoms with Gasteiger partial charge in [-0.1, -0.05) is 17.7 Å². The predicted octanol–water partition coefficient (Wildman–Crippen LogP) is 3.41. The average Bonchev–Trinajstić information content (AvgIpc) is 3.57. The minimum absolute atomic E-state index is 0.0398. The maximum atomic E-state index is 13.5. The summed E-state index contributed by atoms with van der Waals surface area (Å²) in [5.41, 5.74) is 4.73. The Morgan fingerprint density at radius 3 is 2.62 bits per heavy atom. The fraction of sp³-hybridized carbons (Fsp3) is 0.208. The first-order valence-corrected chi connectivity index (χ1v) is 10.9. The highest BCUT2D eigenvalue weighted by atomic mass is 35.5. The maximum absolute atomic E-state index is 13.5. The Morgan fingerprint density at radius 2 is 1.97 bits per heavy atom. The van der Waals surface area contributed by atoms with E-state index in [4.69, 9.17) is 11.6 Å². The Bertz CT molecular complexity index is 1270. The van der Waals surface area contributed by atoms with Gasteiger partial charge >= 0.3 is 0 Å². The lowest BCUT2D eigenvalue weighted by atomic mass is 10.0. The molecular formula is C24H22ClN5O2. The van der Waals surface area contributed by atoms with Gasteiger partial charge < -0.3 is 15.5 Å². The van der Waals surface area contributed by atoms with Crippen LogP contribution in [0, 0.1) is 0 Å². The van der Waals surface area contributed by atoms with Crippen molar-refractivity contribution in [2.24, 2.45) is 0 Å². The van der Waals surface area contributed by atoms with E-state index in [0.29, 0.717) is 22.8 Å². The van der Waals surface area contributed by atoms with Gasteiger partial charge in [-0.15, -0.1) is 0 Å². The van der Waals surface area contributed by atoms with Crippen LogP contribution in [0.5, 0.6) is 0 Å². The first kappa shape index (κ1) is 20.3. The summed E-state index contributed by atoms with van der Waals surface area (Å²) < 4.78 is 1.76. The zero-order valence-electron chi connectivity index (χ0n) is 17.5. The van der Waals surface area contributed by atoms with Crippen LogP contribution >= 0.6 is 11.6 Å². The summed E-state index contributed by atoms with van der Waals surface area (Å²) in [6.45, 7) is 0.498. The van der Waals surface area contributed by atoms with Crippen LogP contribution in [0.4, 0.5) is 5.69 Å². The fourth-order valence-electron chi connectivity index (χ4n) is 3.90. The normalized spacial score (nSPS) is 15.6. The topological polar surface area (TPSA) is 78.7 Å². The van der Waals surface area contributed by atoms with E-state index < -0.39 is 0 Å². The Hall–Kier alpha value is -3.58. The molecule has 7 nitrogen and oxygen atoms in total. The van der Waals surface area contributed by atoms with E-state index in [1.807, 2.05) is 35.4 Å². The molecule has 1 fully saturated rings. The van der Waals surface area contributed by atoms with Crippen LogP contribution in [0.1, 0.15) is 28.8 Å². The molecule has 1 aromatic carbocycles. The lowest BCUT2D eigenvalue weighted by Gasteiger charge is -2.23. The largest absolute Gasteiger partial charge is 0.376 e. The third-order valence-corrected chi connectivity index (χ3v) is 5.99. The highest BCUT2D eigenvalue weighted by Crippen LogP contribution is 2.34. The van der Waals surface area contributed by atoms with Crippen LogP contribution in [-0.4, -0.2) is 41.1 Å². The number of rotatable bonds is 5. The van der Waals surface area contributed by atoms with Crippen LogP contribution in [-0.2, 0) is 4.79 Å². The molecule has 0 bridgehead atoms. The van der Waals surface area contributed by atoms with Crippen molar-refractivity contribution in [2.75, 3.05) is 18.5 Å². The van der Waals surface area contributed by atoms with Crippen LogP contribution in [0.25, 0.3) is 11.1 Å². The maximum Gasteiger partial charge on any atom is 0.267 e. The fourth-order valence-corrected chi connectivity index (χ4v) is 4.02. The number of nitrogens with zero attached hydrogens (tertiary/aromatic N) is 3. The third-order valence-electron chi connectivity index (χ3n) is 5.74. The van der Waals surface area contributed by atoms with Crippen LogP contribution in [0.3, 0.4) is 0 Å². The summed E-state index contributed by atoms with van der Waals surface area (Å²) in [6, 6.07) is 11.3. The number of hydrogen-bond donors (Lipinski definition) is 2. The number of dihydropyridines is 1. The molecule has 0 atom stereocenters. The summed E-state index contributed by atoms with van der Waals surface area (Å²) in [5.74, 6) is -0.197. The molecule has 1 aliphatic heterocycles. The van der Waals surface area contributed by atoms with Gasteiger partial charge in [0.2, 0.25) is 0 Å². The van der Waals surface area contributed by atoms with Gasteiger partial charge in [0, 0.05) is 47.7 Å². The first-order chi connectivity index (χ1) is 15.5. The van der Waals surface area contributed by atoms with Crippen molar-refractivity contribution in [3.05, 3.63) is 82.8 Å². The van der Waals surface area contributed by atoms with E-state index in [1.54, 1.807) is 42.0 Å². The second-order valence-electron chi connectivity index (χ2n) is 7.89. The number of aromatic nitrogens is 2. The molecule has 32 heavy (non-hydrogen) atoms. The summed E-state index contributed by atoms with van der Waals surface area (Å²) in [4.78, 5) is 27.2. The summed E-state index contributed by atoms with van der Waals surface area (Å²) in [6.07, 6.45) is 9.25. The number of pyridine rings is 1. The number of halogens is 1. The van der Waals surface area contributed by atoms with Crippen LogP contribution < -0.4 is 15.5 Å². The minimum atomic E-state index is -0.157. The number of nitrogens with one attached hydrogen (secondary N) is 2. The van der Waals surface area contributed by atoms with E-state index in [1.165, 1.54) is 0 Å². The molecule has 3 aromatic rings. The molecule has 8 heteroatoms. The van der Waals surface area contributed by atoms with Gasteiger partial charge in [0.25, 0.3) is 11.8 Å². The molecule has 3 heterocycles. The zero-order chi connectivity index (χ0) is 22.2. The molecule has 0 unspecified atom stereocenters. The molecule has 1 aliphatic carbocycles. The summed E-state index contributed by atoms with van der Waals surface area (Å²) >= 11 is 6.04. The van der Waals surface area contributed by atoms with Crippen molar-refractivity contribution < 1.29 is 9.59 Å². The van der Waals surface area contributed by atoms with Crippen molar-refractivity contribution in [3.8, 4) is 0 Å². The molecule has 2 aromatic heterocycles. The van der Waals surface area contributed by atoms with Crippen LogP contribution in [0.2, 0.25) is 5.02 Å². The third kappa shape index (κ3) is 3.76. The number of hydrogen-bond acceptors (Lipinski definition) is 4. The second-order valence-corrected chi connectivity index (χ2v) is 8.33. The molecule has 2 aliphatic rings. The molecule has 1 saturated carbocycles. The van der Waals surface area contributed by atoms with Crippen LogP contribution in [0.15, 0.2) is 66.6 Å². The van der Waals surface area contributed by atoms with Gasteiger partial charge in [-0.05, 0) is 60.9 Å². The van der Waals surface area contributed by atoms with Crippen molar-refractivity contribution in [1.29, 1.82) is 0 Å². The van der Waals surface area contributed by atoms with Gasteiger partial charge in [0.1, 0.15) is 5.70 Å². The number of fused-ring (bicyclic) bond motifs is 1. The minimum Gasteiger partial charge on any atom is -0.376 e. The van der Waals surface area contributed by atoms with Crippen molar-refractivity contribution in [1.82, 2.24) is 20.2 Å². The number of carbonyl (C=O) groups is 2. The Morgan fingerprint density at radius 1 is 1.19 bits per heavy atom. The van der Waals surface area contributed by atoms with E-state index in [-0.39, 0.29) is 17.9 Å².